The van der Waals surface area contributed by atoms with Gasteiger partial charge in [-0.15, -0.1) is 0 Å². The lowest BCUT2D eigenvalue weighted by molar-refractivity contribution is 0.296. The van der Waals surface area contributed by atoms with E-state index in [2.05, 4.69) is 58.5 Å². The van der Waals surface area contributed by atoms with Crippen LogP contribution in [0.2, 0.25) is 5.02 Å². The SMILES string of the molecule is CCN(CC)Cc1ccc(C2Nc3cccc4c(=O)[nH]nc(c34)C2c2ccc(Cl)cc2)cc1. The van der Waals surface area contributed by atoms with E-state index in [0.717, 1.165) is 42.0 Å². The lowest BCUT2D eigenvalue weighted by atomic mass is 9.80. The van der Waals surface area contributed by atoms with Crippen molar-refractivity contribution in [1.29, 1.82) is 0 Å². The molecule has 2 N–H and O–H groups in total. The maximum Gasteiger partial charge on any atom is 0.272 e. The molecule has 5 nitrogen and oxygen atoms in total. The van der Waals surface area contributed by atoms with Gasteiger partial charge in [-0.1, -0.05) is 67.9 Å². The normalized spacial score (nSPS) is 17.3. The predicted octanol–water partition coefficient (Wildman–Crippen LogP) is 5.72. The second kappa shape index (κ2) is 9.00. The molecule has 2 unspecified atom stereocenters. The van der Waals surface area contributed by atoms with Crippen molar-refractivity contribution in [3.8, 4) is 0 Å². The Hall–Kier alpha value is -3.15. The molecule has 2 atom stereocenters. The Morgan fingerprint density at radius 1 is 0.939 bits per heavy atom. The minimum atomic E-state index is -0.175. The second-order valence-electron chi connectivity index (χ2n) is 8.52. The Balaban J connectivity index is 1.61. The highest BCUT2D eigenvalue weighted by Gasteiger charge is 2.34. The molecule has 1 aliphatic heterocycles. The van der Waals surface area contributed by atoms with Crippen molar-refractivity contribution in [1.82, 2.24) is 15.1 Å². The summed E-state index contributed by atoms with van der Waals surface area (Å²) in [5, 5.41) is 13.2. The van der Waals surface area contributed by atoms with Crippen molar-refractivity contribution >= 4 is 28.1 Å². The Morgan fingerprint density at radius 2 is 1.64 bits per heavy atom. The zero-order valence-electron chi connectivity index (χ0n) is 18.8. The quantitative estimate of drug-likeness (QED) is 0.388. The van der Waals surface area contributed by atoms with Gasteiger partial charge >= 0.3 is 0 Å². The third kappa shape index (κ3) is 4.03. The standard InChI is InChI=1S/C27H27ClN4O/c1-3-32(4-2)16-17-8-10-19(11-9-17)25-23(18-12-14-20(28)15-13-18)26-24-21(27(33)31-30-26)6-5-7-22(24)29-25/h5-15,23,25,29H,3-4,16H2,1-2H3,(H,31,33). The number of H-pyrrole nitrogens is 1. The van der Waals surface area contributed by atoms with E-state index < -0.39 is 0 Å². The smallest absolute Gasteiger partial charge is 0.272 e. The Labute approximate surface area is 198 Å². The minimum absolute atomic E-state index is 0.0369. The summed E-state index contributed by atoms with van der Waals surface area (Å²) in [6.45, 7) is 7.39. The van der Waals surface area contributed by atoms with Gasteiger partial charge in [0.2, 0.25) is 0 Å². The number of benzene rings is 3. The van der Waals surface area contributed by atoms with Gasteiger partial charge in [-0.25, -0.2) is 5.10 Å². The molecule has 33 heavy (non-hydrogen) atoms. The molecule has 3 aromatic carbocycles. The zero-order chi connectivity index (χ0) is 22.9. The van der Waals surface area contributed by atoms with Gasteiger partial charge in [0.1, 0.15) is 0 Å². The molecule has 5 rings (SSSR count). The van der Waals surface area contributed by atoms with Crippen LogP contribution in [0.4, 0.5) is 5.69 Å². The first kappa shape index (κ1) is 21.7. The summed E-state index contributed by atoms with van der Waals surface area (Å²) < 4.78 is 0. The maximum atomic E-state index is 12.5. The summed E-state index contributed by atoms with van der Waals surface area (Å²) in [5.74, 6) is -0.0786. The summed E-state index contributed by atoms with van der Waals surface area (Å²) in [7, 11) is 0. The summed E-state index contributed by atoms with van der Waals surface area (Å²) in [6, 6.07) is 22.5. The highest BCUT2D eigenvalue weighted by molar-refractivity contribution is 6.30. The van der Waals surface area contributed by atoms with Gasteiger partial charge in [-0.2, -0.15) is 5.10 Å². The topological polar surface area (TPSA) is 61.0 Å². The predicted molar refractivity (Wildman–Crippen MR) is 135 cm³/mol. The van der Waals surface area contributed by atoms with Crippen LogP contribution in [0.1, 0.15) is 48.2 Å². The second-order valence-corrected chi connectivity index (χ2v) is 8.96. The number of hydrogen-bond acceptors (Lipinski definition) is 4. The van der Waals surface area contributed by atoms with Crippen LogP contribution >= 0.6 is 11.6 Å². The molecule has 6 heteroatoms. The van der Waals surface area contributed by atoms with Gasteiger partial charge in [0.25, 0.3) is 5.56 Å². The Kier molecular flexibility index (Phi) is 5.92. The molecule has 1 aromatic heterocycles. The van der Waals surface area contributed by atoms with Gasteiger partial charge in [0, 0.05) is 22.6 Å². The number of halogens is 1. The fourth-order valence-corrected chi connectivity index (χ4v) is 4.96. The van der Waals surface area contributed by atoms with Gasteiger partial charge < -0.3 is 5.32 Å². The summed E-state index contributed by atoms with van der Waals surface area (Å²) in [5.41, 5.74) is 5.20. The maximum absolute atomic E-state index is 12.5. The van der Waals surface area contributed by atoms with E-state index in [9.17, 15) is 4.79 Å². The molecule has 0 fully saturated rings. The highest BCUT2D eigenvalue weighted by atomic mass is 35.5. The Morgan fingerprint density at radius 3 is 2.33 bits per heavy atom. The molecule has 4 aromatic rings. The van der Waals surface area contributed by atoms with Crippen molar-refractivity contribution in [2.45, 2.75) is 32.4 Å². The van der Waals surface area contributed by atoms with E-state index in [1.807, 2.05) is 42.5 Å². The number of aromatic nitrogens is 2. The van der Waals surface area contributed by atoms with Crippen molar-refractivity contribution in [3.63, 3.8) is 0 Å². The van der Waals surface area contributed by atoms with Crippen LogP contribution in [0.5, 0.6) is 0 Å². The van der Waals surface area contributed by atoms with Crippen LogP contribution in [0.3, 0.4) is 0 Å². The van der Waals surface area contributed by atoms with Gasteiger partial charge in [0.05, 0.1) is 23.0 Å². The number of nitrogens with one attached hydrogen (secondary N) is 2. The first-order valence-electron chi connectivity index (χ1n) is 11.4. The monoisotopic (exact) mass is 458 g/mol. The van der Waals surface area contributed by atoms with E-state index >= 15 is 0 Å². The van der Waals surface area contributed by atoms with Crippen LogP contribution in [-0.2, 0) is 6.54 Å². The van der Waals surface area contributed by atoms with Crippen molar-refractivity contribution < 1.29 is 0 Å². The van der Waals surface area contributed by atoms with Gasteiger partial charge in [-0.05, 0) is 54.0 Å². The summed E-state index contributed by atoms with van der Waals surface area (Å²) in [4.78, 5) is 14.9. The number of nitrogens with zero attached hydrogens (tertiary/aromatic N) is 2. The average molecular weight is 459 g/mol. The summed E-state index contributed by atoms with van der Waals surface area (Å²) in [6.07, 6.45) is 0. The van der Waals surface area contributed by atoms with Crippen LogP contribution in [0.15, 0.2) is 71.5 Å². The number of rotatable bonds is 6. The van der Waals surface area contributed by atoms with Crippen LogP contribution < -0.4 is 10.9 Å². The van der Waals surface area contributed by atoms with Gasteiger partial charge in [0.15, 0.2) is 0 Å². The van der Waals surface area contributed by atoms with E-state index in [4.69, 9.17) is 11.6 Å². The van der Waals surface area contributed by atoms with Crippen molar-refractivity contribution in [3.05, 3.63) is 104 Å². The Bertz CT molecular complexity index is 1330. The zero-order valence-corrected chi connectivity index (χ0v) is 19.6. The molecule has 0 spiro atoms. The molecule has 0 aliphatic carbocycles. The van der Waals surface area contributed by atoms with E-state index in [0.29, 0.717) is 10.4 Å². The minimum Gasteiger partial charge on any atom is -0.377 e. The molecule has 0 amide bonds. The molecule has 0 saturated carbocycles. The van der Waals surface area contributed by atoms with Gasteiger partial charge in [-0.3, -0.25) is 9.69 Å². The molecule has 2 heterocycles. The van der Waals surface area contributed by atoms with Crippen molar-refractivity contribution in [2.24, 2.45) is 0 Å². The fraction of sp³-hybridized carbons (Fsp3) is 0.259. The molecular weight excluding hydrogens is 432 g/mol. The number of hydrogen-bond donors (Lipinski definition) is 2. The number of anilines is 1. The average Bonchev–Trinajstić information content (AvgIpc) is 2.85. The van der Waals surface area contributed by atoms with E-state index in [1.165, 1.54) is 11.1 Å². The molecule has 1 aliphatic rings. The molecule has 0 radical (unpaired) electrons. The molecule has 0 saturated heterocycles. The lowest BCUT2D eigenvalue weighted by Gasteiger charge is -2.35. The third-order valence-electron chi connectivity index (χ3n) is 6.65. The number of aromatic amines is 1. The first-order valence-corrected chi connectivity index (χ1v) is 11.8. The fourth-order valence-electron chi connectivity index (χ4n) is 4.83. The third-order valence-corrected chi connectivity index (χ3v) is 6.90. The van der Waals surface area contributed by atoms with E-state index in [1.54, 1.807) is 0 Å². The highest BCUT2D eigenvalue weighted by Crippen LogP contribution is 2.46. The molecular formula is C27H27ClN4O. The van der Waals surface area contributed by atoms with Crippen LogP contribution in [0, 0.1) is 0 Å². The largest absolute Gasteiger partial charge is 0.377 e. The lowest BCUT2D eigenvalue weighted by Crippen LogP contribution is -2.28. The summed E-state index contributed by atoms with van der Waals surface area (Å²) >= 11 is 6.19. The van der Waals surface area contributed by atoms with Crippen molar-refractivity contribution in [2.75, 3.05) is 18.4 Å². The van der Waals surface area contributed by atoms with Crippen LogP contribution in [-0.4, -0.2) is 28.2 Å². The van der Waals surface area contributed by atoms with E-state index in [-0.39, 0.29) is 17.5 Å². The molecule has 0 bridgehead atoms. The van der Waals surface area contributed by atoms with Crippen LogP contribution in [0.25, 0.3) is 10.8 Å². The molecule has 168 valence electrons. The first-order chi connectivity index (χ1) is 16.1.